The van der Waals surface area contributed by atoms with E-state index < -0.39 is 5.97 Å². The van der Waals surface area contributed by atoms with Crippen LogP contribution in [0.5, 0.6) is 0 Å². The lowest BCUT2D eigenvalue weighted by Gasteiger charge is -2.13. The highest BCUT2D eigenvalue weighted by molar-refractivity contribution is 6.12. The van der Waals surface area contributed by atoms with Crippen LogP contribution in [0.3, 0.4) is 0 Å². The zero-order valence-corrected chi connectivity index (χ0v) is 19.3. The summed E-state index contributed by atoms with van der Waals surface area (Å²) < 4.78 is 37.0. The summed E-state index contributed by atoms with van der Waals surface area (Å²) in [5, 5.41) is 0. The fourth-order valence-corrected chi connectivity index (χ4v) is 2.33. The van der Waals surface area contributed by atoms with Crippen LogP contribution in [-0.2, 0) is 47.5 Å². The highest BCUT2D eigenvalue weighted by Crippen LogP contribution is 2.02. The van der Waals surface area contributed by atoms with Crippen LogP contribution in [0.15, 0.2) is 24.3 Å². The van der Waals surface area contributed by atoms with Crippen molar-refractivity contribution in [3.63, 3.8) is 0 Å². The van der Waals surface area contributed by atoms with Crippen molar-refractivity contribution in [2.24, 2.45) is 0 Å². The van der Waals surface area contributed by atoms with Crippen LogP contribution in [0.1, 0.15) is 6.92 Å². The van der Waals surface area contributed by atoms with Gasteiger partial charge in [-0.1, -0.05) is 6.58 Å². The molecule has 0 saturated heterocycles. The Hall–Kier alpha value is -2.15. The van der Waals surface area contributed by atoms with Crippen LogP contribution >= 0.6 is 0 Å². The van der Waals surface area contributed by atoms with Gasteiger partial charge in [0.05, 0.1) is 85.8 Å². The molecule has 0 unspecified atom stereocenters. The third kappa shape index (κ3) is 15.3. The summed E-state index contributed by atoms with van der Waals surface area (Å²) in [6.45, 7) is 10.4. The number of rotatable bonds is 22. The van der Waals surface area contributed by atoms with Crippen LogP contribution in [0, 0.1) is 0 Å². The number of esters is 1. The smallest absolute Gasteiger partial charge is 0.333 e. The zero-order chi connectivity index (χ0) is 24.2. The van der Waals surface area contributed by atoms with E-state index in [0.29, 0.717) is 78.2 Å². The first-order valence-corrected chi connectivity index (χ1v) is 10.8. The molecule has 0 bridgehead atoms. The molecular weight excluding hydrogens is 438 g/mol. The van der Waals surface area contributed by atoms with E-state index in [1.54, 1.807) is 6.92 Å². The van der Waals surface area contributed by atoms with Crippen LogP contribution in [0.2, 0.25) is 0 Å². The average Bonchev–Trinajstić information content (AvgIpc) is 3.11. The van der Waals surface area contributed by atoms with Crippen molar-refractivity contribution in [1.82, 2.24) is 4.90 Å². The summed E-state index contributed by atoms with van der Waals surface area (Å²) in [7, 11) is 0. The Morgan fingerprint density at radius 2 is 1.00 bits per heavy atom. The first kappa shape index (κ1) is 28.9. The van der Waals surface area contributed by atoms with Gasteiger partial charge in [0.1, 0.15) is 6.61 Å². The van der Waals surface area contributed by atoms with E-state index >= 15 is 0 Å². The molecule has 0 aromatic rings. The molecule has 33 heavy (non-hydrogen) atoms. The van der Waals surface area contributed by atoms with Gasteiger partial charge in [-0.2, -0.15) is 0 Å². The Bertz CT molecular complexity index is 604. The molecule has 0 fully saturated rings. The Kier molecular flexibility index (Phi) is 16.9. The van der Waals surface area contributed by atoms with Crippen LogP contribution < -0.4 is 0 Å². The topological polar surface area (TPSA) is 119 Å². The van der Waals surface area contributed by atoms with Crippen molar-refractivity contribution in [1.29, 1.82) is 0 Å². The molecular formula is C22H35NO10. The van der Waals surface area contributed by atoms with Crippen molar-refractivity contribution in [2.45, 2.75) is 6.92 Å². The first-order valence-electron chi connectivity index (χ1n) is 10.8. The Morgan fingerprint density at radius 3 is 1.36 bits per heavy atom. The van der Waals surface area contributed by atoms with Gasteiger partial charge in [-0.3, -0.25) is 14.5 Å². The fourth-order valence-electron chi connectivity index (χ4n) is 2.33. The van der Waals surface area contributed by atoms with Gasteiger partial charge < -0.3 is 33.2 Å². The summed E-state index contributed by atoms with van der Waals surface area (Å²) in [4.78, 5) is 34.9. The number of imide groups is 1. The molecule has 0 aromatic heterocycles. The summed E-state index contributed by atoms with van der Waals surface area (Å²) in [6, 6.07) is 0. The van der Waals surface area contributed by atoms with Crippen LogP contribution in [0.25, 0.3) is 0 Å². The normalized spacial score (nSPS) is 13.2. The van der Waals surface area contributed by atoms with E-state index in [1.807, 2.05) is 0 Å². The van der Waals surface area contributed by atoms with Gasteiger partial charge in [-0.15, -0.1) is 0 Å². The molecule has 11 nitrogen and oxygen atoms in total. The summed E-state index contributed by atoms with van der Waals surface area (Å²) >= 11 is 0. The standard InChI is InChI=1S/C22H35NO10/c1-19(2)22(26)33-18-17-32-16-15-31-14-13-30-12-11-29-10-9-28-8-7-27-6-5-23-20(24)3-4-21(23)25/h3-4H,1,5-18H2,2H3. The molecule has 188 valence electrons. The predicted molar refractivity (Wildman–Crippen MR) is 117 cm³/mol. The lowest BCUT2D eigenvalue weighted by Crippen LogP contribution is -2.33. The molecule has 1 aliphatic rings. The van der Waals surface area contributed by atoms with Crippen molar-refractivity contribution < 1.29 is 47.5 Å². The fraction of sp³-hybridized carbons (Fsp3) is 0.682. The predicted octanol–water partition coefficient (Wildman–Crippen LogP) is 0.130. The van der Waals surface area contributed by atoms with Crippen molar-refractivity contribution in [3.05, 3.63) is 24.3 Å². The molecule has 2 amide bonds. The van der Waals surface area contributed by atoms with E-state index in [0.717, 1.165) is 4.90 Å². The third-order valence-corrected chi connectivity index (χ3v) is 4.03. The molecule has 0 aromatic carbocycles. The van der Waals surface area contributed by atoms with E-state index in [4.69, 9.17) is 33.2 Å². The Balaban J connectivity index is 1.70. The van der Waals surface area contributed by atoms with Crippen LogP contribution in [0.4, 0.5) is 0 Å². The van der Waals surface area contributed by atoms with E-state index in [1.165, 1.54) is 12.2 Å². The molecule has 0 N–H and O–H groups in total. The molecule has 0 spiro atoms. The molecule has 1 heterocycles. The number of nitrogens with zero attached hydrogens (tertiary/aromatic N) is 1. The number of hydrogen-bond acceptors (Lipinski definition) is 10. The lowest BCUT2D eigenvalue weighted by atomic mass is 10.4. The number of carbonyl (C=O) groups is 3. The molecule has 0 atom stereocenters. The van der Waals surface area contributed by atoms with Gasteiger partial charge in [0.15, 0.2) is 0 Å². The highest BCUT2D eigenvalue weighted by Gasteiger charge is 2.22. The maximum absolute atomic E-state index is 11.3. The minimum absolute atomic E-state index is 0.191. The van der Waals surface area contributed by atoms with Gasteiger partial charge in [0, 0.05) is 17.7 Å². The van der Waals surface area contributed by atoms with E-state index in [2.05, 4.69) is 6.58 Å². The molecule has 1 aliphatic heterocycles. The first-order chi connectivity index (χ1) is 16.0. The second-order valence-corrected chi connectivity index (χ2v) is 6.75. The largest absolute Gasteiger partial charge is 0.460 e. The summed E-state index contributed by atoms with van der Waals surface area (Å²) in [5.74, 6) is -1.04. The van der Waals surface area contributed by atoms with Crippen molar-refractivity contribution in [3.8, 4) is 0 Å². The average molecular weight is 474 g/mol. The summed E-state index contributed by atoms with van der Waals surface area (Å²) in [6.07, 6.45) is 2.50. The van der Waals surface area contributed by atoms with Gasteiger partial charge >= 0.3 is 5.97 Å². The van der Waals surface area contributed by atoms with Gasteiger partial charge in [-0.05, 0) is 6.92 Å². The van der Waals surface area contributed by atoms with Crippen molar-refractivity contribution >= 4 is 17.8 Å². The molecule has 0 aliphatic carbocycles. The van der Waals surface area contributed by atoms with Gasteiger partial charge in [-0.25, -0.2) is 4.79 Å². The quantitative estimate of drug-likeness (QED) is 0.0929. The number of ether oxygens (including phenoxy) is 7. The minimum Gasteiger partial charge on any atom is -0.460 e. The second-order valence-electron chi connectivity index (χ2n) is 6.75. The number of carbonyl (C=O) groups excluding carboxylic acids is 3. The Morgan fingerprint density at radius 1 is 0.667 bits per heavy atom. The van der Waals surface area contributed by atoms with Gasteiger partial charge in [0.2, 0.25) is 0 Å². The third-order valence-electron chi connectivity index (χ3n) is 4.03. The molecule has 0 saturated carbocycles. The van der Waals surface area contributed by atoms with E-state index in [9.17, 15) is 14.4 Å². The molecule has 11 heteroatoms. The zero-order valence-electron chi connectivity index (χ0n) is 19.3. The maximum atomic E-state index is 11.3. The molecule has 0 radical (unpaired) electrons. The monoisotopic (exact) mass is 473 g/mol. The minimum atomic E-state index is -0.420. The Labute approximate surface area is 194 Å². The summed E-state index contributed by atoms with van der Waals surface area (Å²) in [5.41, 5.74) is 0.363. The molecule has 1 rings (SSSR count). The second kappa shape index (κ2) is 19.3. The van der Waals surface area contributed by atoms with Crippen molar-refractivity contribution in [2.75, 3.05) is 92.4 Å². The maximum Gasteiger partial charge on any atom is 0.333 e. The van der Waals surface area contributed by atoms with Crippen LogP contribution in [-0.4, -0.2) is 115 Å². The highest BCUT2D eigenvalue weighted by atomic mass is 16.6. The van der Waals surface area contributed by atoms with Gasteiger partial charge in [0.25, 0.3) is 11.8 Å². The van der Waals surface area contributed by atoms with E-state index in [-0.39, 0.29) is 31.6 Å². The lowest BCUT2D eigenvalue weighted by molar-refractivity contribution is -0.141. The SMILES string of the molecule is C=C(C)C(=O)OCCOCCOCCOCCOCCOCCOCCN1C(=O)C=CC1=O. The number of hydrogen-bond donors (Lipinski definition) is 0. The number of amides is 2.